The Hall–Kier alpha value is -2.86. The molecule has 0 radical (unpaired) electrons. The van der Waals surface area contributed by atoms with Crippen molar-refractivity contribution in [3.8, 4) is 17.2 Å². The number of methoxy groups -OCH3 is 2. The normalized spacial score (nSPS) is 25.7. The number of benzene rings is 2. The van der Waals surface area contributed by atoms with E-state index in [1.165, 1.54) is 20.3 Å². The van der Waals surface area contributed by atoms with Crippen LogP contribution in [-0.2, 0) is 4.79 Å². The van der Waals surface area contributed by atoms with Gasteiger partial charge >= 0.3 is 0 Å². The van der Waals surface area contributed by atoms with E-state index in [4.69, 9.17) is 31.2 Å². The highest BCUT2D eigenvalue weighted by Crippen LogP contribution is 2.54. The zero-order valence-electron chi connectivity index (χ0n) is 16.2. The van der Waals surface area contributed by atoms with Crippen molar-refractivity contribution in [3.63, 3.8) is 0 Å². The largest absolute Gasteiger partial charge is 0.496 e. The fourth-order valence-corrected chi connectivity index (χ4v) is 4.57. The number of nitrogens with one attached hydrogen (secondary N) is 1. The molecule has 29 heavy (non-hydrogen) atoms. The van der Waals surface area contributed by atoms with Gasteiger partial charge in [0.15, 0.2) is 5.75 Å². The molecule has 0 bridgehead atoms. The fourth-order valence-electron chi connectivity index (χ4n) is 4.31. The van der Waals surface area contributed by atoms with Gasteiger partial charge in [-0.05, 0) is 5.56 Å². The van der Waals surface area contributed by atoms with Crippen LogP contribution in [-0.4, -0.2) is 37.1 Å². The van der Waals surface area contributed by atoms with E-state index in [0.717, 1.165) is 0 Å². The SMILES string of the molecule is COc1cc(OC)c2c(c1Cl)OC1(C(=N)C(c3ccccc3)C(=O)CC1C)C2=O. The van der Waals surface area contributed by atoms with Gasteiger partial charge < -0.3 is 19.6 Å². The summed E-state index contributed by atoms with van der Waals surface area (Å²) in [6.45, 7) is 1.75. The third-order valence-electron chi connectivity index (χ3n) is 5.76. The predicted octanol–water partition coefficient (Wildman–Crippen LogP) is 4.08. The molecule has 1 fully saturated rings. The average Bonchev–Trinajstić information content (AvgIpc) is 3.03. The number of carbonyl (C=O) groups excluding carboxylic acids is 2. The molecule has 2 aliphatic rings. The van der Waals surface area contributed by atoms with Crippen molar-refractivity contribution in [1.82, 2.24) is 0 Å². The molecular weight excluding hydrogens is 394 g/mol. The molecule has 0 aromatic heterocycles. The molecule has 2 aromatic carbocycles. The summed E-state index contributed by atoms with van der Waals surface area (Å²) in [5, 5.41) is 9.05. The van der Waals surface area contributed by atoms with Gasteiger partial charge in [-0.1, -0.05) is 48.9 Å². The van der Waals surface area contributed by atoms with Crippen molar-refractivity contribution in [2.75, 3.05) is 14.2 Å². The Morgan fingerprint density at radius 2 is 1.79 bits per heavy atom. The first-order valence-electron chi connectivity index (χ1n) is 9.21. The van der Waals surface area contributed by atoms with Crippen molar-refractivity contribution in [2.45, 2.75) is 24.9 Å². The number of fused-ring (bicyclic) bond motifs is 1. The van der Waals surface area contributed by atoms with Crippen molar-refractivity contribution >= 4 is 28.9 Å². The van der Waals surface area contributed by atoms with Gasteiger partial charge in [-0.15, -0.1) is 0 Å². The van der Waals surface area contributed by atoms with Gasteiger partial charge in [-0.2, -0.15) is 0 Å². The highest BCUT2D eigenvalue weighted by Gasteiger charge is 2.62. The molecule has 6 nitrogen and oxygen atoms in total. The summed E-state index contributed by atoms with van der Waals surface area (Å²) in [6.07, 6.45) is 0.110. The number of hydrogen-bond acceptors (Lipinski definition) is 6. The van der Waals surface area contributed by atoms with Crippen LogP contribution in [0, 0.1) is 11.3 Å². The number of halogens is 1. The molecule has 0 saturated heterocycles. The summed E-state index contributed by atoms with van der Waals surface area (Å²) in [5.74, 6) is -1.21. The lowest BCUT2D eigenvalue weighted by atomic mass is 9.65. The number of ether oxygens (including phenoxy) is 3. The van der Waals surface area contributed by atoms with E-state index in [2.05, 4.69) is 0 Å². The second-order valence-electron chi connectivity index (χ2n) is 7.29. The Bertz CT molecular complexity index is 1040. The molecule has 7 heteroatoms. The second-order valence-corrected chi connectivity index (χ2v) is 7.67. The zero-order chi connectivity index (χ0) is 20.9. The summed E-state index contributed by atoms with van der Waals surface area (Å²) in [4.78, 5) is 26.5. The van der Waals surface area contributed by atoms with E-state index in [1.54, 1.807) is 31.2 Å². The lowest BCUT2D eigenvalue weighted by Crippen LogP contribution is -2.59. The van der Waals surface area contributed by atoms with Crippen LogP contribution < -0.4 is 14.2 Å². The van der Waals surface area contributed by atoms with Crippen molar-refractivity contribution in [2.24, 2.45) is 5.92 Å². The number of ketones is 2. The van der Waals surface area contributed by atoms with Gasteiger partial charge in [0.25, 0.3) is 0 Å². The van der Waals surface area contributed by atoms with Crippen molar-refractivity contribution in [3.05, 3.63) is 52.5 Å². The maximum absolute atomic E-state index is 13.7. The van der Waals surface area contributed by atoms with Crippen LogP contribution in [0.2, 0.25) is 5.02 Å². The fraction of sp³-hybridized carbons (Fsp3) is 0.318. The Morgan fingerprint density at radius 1 is 1.14 bits per heavy atom. The lowest BCUT2D eigenvalue weighted by Gasteiger charge is -2.40. The molecule has 3 unspecified atom stereocenters. The molecule has 1 heterocycles. The minimum atomic E-state index is -1.61. The molecule has 1 saturated carbocycles. The van der Waals surface area contributed by atoms with E-state index in [1.807, 2.05) is 6.07 Å². The first kappa shape index (κ1) is 19.5. The first-order valence-corrected chi connectivity index (χ1v) is 9.59. The van der Waals surface area contributed by atoms with E-state index in [-0.39, 0.29) is 40.0 Å². The maximum Gasteiger partial charge on any atom is 0.220 e. The Kier molecular flexibility index (Phi) is 4.62. The highest BCUT2D eigenvalue weighted by atomic mass is 35.5. The standard InChI is InChI=1S/C22H20ClNO5/c1-11-9-13(25)16(12-7-5-4-6-8-12)20(24)22(11)21(26)17-14(27-2)10-15(28-3)18(23)19(17)29-22/h4-8,10-11,16,24H,9H2,1-3H3. The minimum absolute atomic E-state index is 0.0780. The minimum Gasteiger partial charge on any atom is -0.496 e. The first-order chi connectivity index (χ1) is 13.9. The highest BCUT2D eigenvalue weighted by molar-refractivity contribution is 6.37. The summed E-state index contributed by atoms with van der Waals surface area (Å²) in [7, 11) is 2.89. The number of Topliss-reactive ketones (excluding diaryl/α,β-unsaturated/α-hetero) is 2. The van der Waals surface area contributed by atoms with Crippen molar-refractivity contribution < 1.29 is 23.8 Å². The van der Waals surface area contributed by atoms with Crippen LogP contribution in [0.3, 0.4) is 0 Å². The molecule has 1 spiro atoms. The number of hydrogen-bond donors (Lipinski definition) is 1. The van der Waals surface area contributed by atoms with E-state index >= 15 is 0 Å². The van der Waals surface area contributed by atoms with Crippen LogP contribution in [0.1, 0.15) is 35.2 Å². The Labute approximate surface area is 173 Å². The van der Waals surface area contributed by atoms with Gasteiger partial charge in [-0.25, -0.2) is 0 Å². The van der Waals surface area contributed by atoms with Crippen LogP contribution in [0.25, 0.3) is 0 Å². The third kappa shape index (κ3) is 2.59. The van der Waals surface area contributed by atoms with E-state index < -0.39 is 23.2 Å². The molecule has 1 aliphatic heterocycles. The summed E-state index contributed by atoms with van der Waals surface area (Å²) >= 11 is 6.43. The molecule has 150 valence electrons. The van der Waals surface area contributed by atoms with Gasteiger partial charge in [0.2, 0.25) is 11.4 Å². The zero-order valence-corrected chi connectivity index (χ0v) is 17.0. The average molecular weight is 414 g/mol. The van der Waals surface area contributed by atoms with E-state index in [0.29, 0.717) is 11.3 Å². The summed E-state index contributed by atoms with van der Waals surface area (Å²) < 4.78 is 16.8. The summed E-state index contributed by atoms with van der Waals surface area (Å²) in [6, 6.07) is 10.5. The van der Waals surface area contributed by atoms with Crippen molar-refractivity contribution in [1.29, 1.82) is 5.41 Å². The lowest BCUT2D eigenvalue weighted by molar-refractivity contribution is -0.122. The second kappa shape index (κ2) is 6.88. The monoisotopic (exact) mass is 413 g/mol. The number of carbonyl (C=O) groups is 2. The van der Waals surface area contributed by atoms with E-state index in [9.17, 15) is 9.59 Å². The van der Waals surface area contributed by atoms with Gasteiger partial charge in [0.1, 0.15) is 27.9 Å². The molecule has 4 rings (SSSR count). The molecule has 2 aromatic rings. The van der Waals surface area contributed by atoms with Crippen LogP contribution in [0.5, 0.6) is 17.2 Å². The molecule has 1 aliphatic carbocycles. The Balaban J connectivity index is 1.89. The maximum atomic E-state index is 13.7. The Morgan fingerprint density at radius 3 is 2.41 bits per heavy atom. The van der Waals surface area contributed by atoms with Gasteiger partial charge in [-0.3, -0.25) is 9.59 Å². The quantitative estimate of drug-likeness (QED) is 0.819. The van der Waals surface area contributed by atoms with Crippen LogP contribution in [0.15, 0.2) is 36.4 Å². The van der Waals surface area contributed by atoms with Crippen LogP contribution in [0.4, 0.5) is 0 Å². The summed E-state index contributed by atoms with van der Waals surface area (Å²) in [5.41, 5.74) is -0.849. The molecular formula is C22H20ClNO5. The van der Waals surface area contributed by atoms with Gasteiger partial charge in [0, 0.05) is 18.4 Å². The predicted molar refractivity (Wildman–Crippen MR) is 108 cm³/mol. The molecule has 0 amide bonds. The molecule has 1 N–H and O–H groups in total. The van der Waals surface area contributed by atoms with Gasteiger partial charge in [0.05, 0.1) is 25.8 Å². The third-order valence-corrected chi connectivity index (χ3v) is 6.12. The molecule has 3 atom stereocenters. The smallest absolute Gasteiger partial charge is 0.220 e. The number of rotatable bonds is 3. The topological polar surface area (TPSA) is 85.7 Å². The van der Waals surface area contributed by atoms with Crippen LogP contribution >= 0.6 is 11.6 Å².